The van der Waals surface area contributed by atoms with Crippen molar-refractivity contribution in [2.45, 2.75) is 20.3 Å². The van der Waals surface area contributed by atoms with Crippen molar-refractivity contribution in [2.24, 2.45) is 5.73 Å². The first-order valence-electron chi connectivity index (χ1n) is 7.46. The number of pyridine rings is 1. The lowest BCUT2D eigenvalue weighted by Gasteiger charge is -2.11. The Hall–Kier alpha value is -2.33. The third-order valence-corrected chi connectivity index (χ3v) is 3.85. The fourth-order valence-corrected chi connectivity index (χ4v) is 2.80. The van der Waals surface area contributed by atoms with E-state index in [1.165, 1.54) is 11.1 Å². The minimum atomic E-state index is 0.573. The largest absolute Gasteiger partial charge is 0.496 e. The van der Waals surface area contributed by atoms with Gasteiger partial charge in [0.15, 0.2) is 0 Å². The van der Waals surface area contributed by atoms with Gasteiger partial charge in [0.2, 0.25) is 0 Å². The highest BCUT2D eigenvalue weighted by Gasteiger charge is 2.17. The topological polar surface area (TPSA) is 52.5 Å². The van der Waals surface area contributed by atoms with Gasteiger partial charge in [-0.15, -0.1) is 0 Å². The molecule has 0 bridgehead atoms. The van der Waals surface area contributed by atoms with Crippen LogP contribution in [0.1, 0.15) is 16.8 Å². The third kappa shape index (κ3) is 2.46. The van der Waals surface area contributed by atoms with Crippen LogP contribution in [-0.2, 0) is 6.42 Å². The number of ether oxygens (including phenoxy) is 1. The minimum Gasteiger partial charge on any atom is -0.496 e. The molecule has 0 spiro atoms. The maximum Gasteiger partial charge on any atom is 0.137 e. The Bertz CT molecular complexity index is 821. The van der Waals surface area contributed by atoms with Crippen molar-refractivity contribution in [1.29, 1.82) is 0 Å². The molecule has 0 amide bonds. The molecular formula is C18H21N3O. The molecule has 2 heterocycles. The summed E-state index contributed by atoms with van der Waals surface area (Å²) in [5.41, 5.74) is 12.2. The highest BCUT2D eigenvalue weighted by atomic mass is 16.5. The number of imidazole rings is 1. The maximum atomic E-state index is 5.78. The first-order chi connectivity index (χ1) is 10.6. The molecule has 4 heteroatoms. The molecule has 2 aromatic heterocycles. The fraction of sp³-hybridized carbons (Fsp3) is 0.278. The SMILES string of the molecule is COc1ccc(C)cc1-c1c(CCN)nc2cc(C)ccn12. The summed E-state index contributed by atoms with van der Waals surface area (Å²) in [6.07, 6.45) is 2.81. The highest BCUT2D eigenvalue weighted by molar-refractivity contribution is 5.73. The molecule has 3 aromatic rings. The summed E-state index contributed by atoms with van der Waals surface area (Å²) in [5, 5.41) is 0. The summed E-state index contributed by atoms with van der Waals surface area (Å²) in [6.45, 7) is 4.73. The van der Waals surface area contributed by atoms with Crippen molar-refractivity contribution < 1.29 is 4.74 Å². The van der Waals surface area contributed by atoms with Gasteiger partial charge in [-0.3, -0.25) is 4.40 Å². The molecule has 0 aliphatic carbocycles. The van der Waals surface area contributed by atoms with Gasteiger partial charge in [0.05, 0.1) is 18.5 Å². The maximum absolute atomic E-state index is 5.78. The van der Waals surface area contributed by atoms with Gasteiger partial charge in [-0.2, -0.15) is 0 Å². The summed E-state index contributed by atoms with van der Waals surface area (Å²) < 4.78 is 7.68. The van der Waals surface area contributed by atoms with Crippen LogP contribution in [0.15, 0.2) is 36.5 Å². The van der Waals surface area contributed by atoms with Gasteiger partial charge in [0.25, 0.3) is 0 Å². The molecule has 22 heavy (non-hydrogen) atoms. The van der Waals surface area contributed by atoms with E-state index in [0.29, 0.717) is 6.54 Å². The molecule has 0 saturated heterocycles. The van der Waals surface area contributed by atoms with E-state index in [2.05, 4.69) is 48.7 Å². The first-order valence-corrected chi connectivity index (χ1v) is 7.46. The lowest BCUT2D eigenvalue weighted by atomic mass is 10.0. The molecule has 0 saturated carbocycles. The predicted molar refractivity (Wildman–Crippen MR) is 89.4 cm³/mol. The lowest BCUT2D eigenvalue weighted by molar-refractivity contribution is 0.416. The van der Waals surface area contributed by atoms with Crippen molar-refractivity contribution in [2.75, 3.05) is 13.7 Å². The van der Waals surface area contributed by atoms with E-state index < -0.39 is 0 Å². The minimum absolute atomic E-state index is 0.573. The fourth-order valence-electron chi connectivity index (χ4n) is 2.80. The van der Waals surface area contributed by atoms with Gasteiger partial charge in [-0.25, -0.2) is 4.98 Å². The zero-order valence-corrected chi connectivity index (χ0v) is 13.3. The van der Waals surface area contributed by atoms with Crippen molar-refractivity contribution >= 4 is 5.65 Å². The number of hydrogen-bond donors (Lipinski definition) is 1. The van der Waals surface area contributed by atoms with E-state index in [4.69, 9.17) is 15.5 Å². The quantitative estimate of drug-likeness (QED) is 0.804. The van der Waals surface area contributed by atoms with Crippen molar-refractivity contribution in [1.82, 2.24) is 9.38 Å². The number of hydrogen-bond acceptors (Lipinski definition) is 3. The smallest absolute Gasteiger partial charge is 0.137 e. The molecule has 0 radical (unpaired) electrons. The third-order valence-electron chi connectivity index (χ3n) is 3.85. The number of nitrogens with two attached hydrogens (primary N) is 1. The number of aryl methyl sites for hydroxylation is 2. The monoisotopic (exact) mass is 295 g/mol. The van der Waals surface area contributed by atoms with Crippen LogP contribution in [0, 0.1) is 13.8 Å². The predicted octanol–water partition coefficient (Wildman–Crippen LogP) is 3.13. The van der Waals surface area contributed by atoms with Crippen LogP contribution in [0.4, 0.5) is 0 Å². The molecular weight excluding hydrogens is 274 g/mol. The Balaban J connectivity index is 2.33. The zero-order chi connectivity index (χ0) is 15.7. The Morgan fingerprint density at radius 1 is 1.14 bits per heavy atom. The average molecular weight is 295 g/mol. The van der Waals surface area contributed by atoms with Gasteiger partial charge >= 0.3 is 0 Å². The number of aromatic nitrogens is 2. The molecule has 1 aromatic carbocycles. The van der Waals surface area contributed by atoms with Crippen LogP contribution in [0.3, 0.4) is 0 Å². The van der Waals surface area contributed by atoms with Gasteiger partial charge in [-0.1, -0.05) is 11.6 Å². The Labute approximate surface area is 130 Å². The summed E-state index contributed by atoms with van der Waals surface area (Å²) in [5.74, 6) is 0.853. The second-order valence-electron chi connectivity index (χ2n) is 5.58. The number of nitrogens with zero attached hydrogens (tertiary/aromatic N) is 2. The van der Waals surface area contributed by atoms with Crippen LogP contribution in [-0.4, -0.2) is 23.0 Å². The van der Waals surface area contributed by atoms with E-state index >= 15 is 0 Å². The van der Waals surface area contributed by atoms with Gasteiger partial charge in [0.1, 0.15) is 11.4 Å². The van der Waals surface area contributed by atoms with Gasteiger partial charge in [0, 0.05) is 18.2 Å². The molecule has 2 N–H and O–H groups in total. The van der Waals surface area contributed by atoms with E-state index in [9.17, 15) is 0 Å². The molecule has 0 fully saturated rings. The van der Waals surface area contributed by atoms with E-state index in [0.717, 1.165) is 34.8 Å². The Morgan fingerprint density at radius 3 is 2.64 bits per heavy atom. The standard InChI is InChI=1S/C18H21N3O/c1-12-4-5-16(22-3)14(10-12)18-15(6-8-19)20-17-11-13(2)7-9-21(17)18/h4-5,7,9-11H,6,8,19H2,1-3H3. The average Bonchev–Trinajstić information content (AvgIpc) is 2.84. The molecule has 0 aliphatic heterocycles. The Morgan fingerprint density at radius 2 is 1.91 bits per heavy atom. The summed E-state index contributed by atoms with van der Waals surface area (Å²) >= 11 is 0. The number of fused-ring (bicyclic) bond motifs is 1. The van der Waals surface area contributed by atoms with Crippen LogP contribution >= 0.6 is 0 Å². The Kier molecular flexibility index (Phi) is 3.86. The van der Waals surface area contributed by atoms with E-state index in [1.54, 1.807) is 7.11 Å². The van der Waals surface area contributed by atoms with Crippen LogP contribution in [0.25, 0.3) is 16.9 Å². The van der Waals surface area contributed by atoms with Crippen LogP contribution < -0.4 is 10.5 Å². The number of benzene rings is 1. The molecule has 114 valence electrons. The van der Waals surface area contributed by atoms with Gasteiger partial charge in [-0.05, 0) is 50.2 Å². The molecule has 0 unspecified atom stereocenters. The van der Waals surface area contributed by atoms with E-state index in [-0.39, 0.29) is 0 Å². The number of rotatable bonds is 4. The zero-order valence-electron chi connectivity index (χ0n) is 13.3. The molecule has 3 rings (SSSR count). The van der Waals surface area contributed by atoms with Crippen LogP contribution in [0.5, 0.6) is 5.75 Å². The second-order valence-corrected chi connectivity index (χ2v) is 5.58. The highest BCUT2D eigenvalue weighted by Crippen LogP contribution is 2.34. The van der Waals surface area contributed by atoms with Crippen molar-refractivity contribution in [3.8, 4) is 17.0 Å². The van der Waals surface area contributed by atoms with Crippen molar-refractivity contribution in [3.05, 3.63) is 53.3 Å². The summed E-state index contributed by atoms with van der Waals surface area (Å²) in [6, 6.07) is 10.4. The first kappa shape index (κ1) is 14.6. The lowest BCUT2D eigenvalue weighted by Crippen LogP contribution is -2.05. The van der Waals surface area contributed by atoms with Crippen molar-refractivity contribution in [3.63, 3.8) is 0 Å². The molecule has 0 atom stereocenters. The normalized spacial score (nSPS) is 11.1. The molecule has 4 nitrogen and oxygen atoms in total. The van der Waals surface area contributed by atoms with Crippen LogP contribution in [0.2, 0.25) is 0 Å². The van der Waals surface area contributed by atoms with Gasteiger partial charge < -0.3 is 10.5 Å². The second kappa shape index (κ2) is 5.81. The summed E-state index contributed by atoms with van der Waals surface area (Å²) in [7, 11) is 1.70. The molecule has 0 aliphatic rings. The number of methoxy groups -OCH3 is 1. The van der Waals surface area contributed by atoms with E-state index in [1.807, 2.05) is 6.07 Å². The summed E-state index contributed by atoms with van der Waals surface area (Å²) in [4.78, 5) is 4.77.